The number of halogens is 1. The van der Waals surface area contributed by atoms with Crippen molar-refractivity contribution < 1.29 is 23.1 Å². The Morgan fingerprint density at radius 1 is 1.08 bits per heavy atom. The number of hydrogen-bond acceptors (Lipinski definition) is 6. The van der Waals surface area contributed by atoms with E-state index in [2.05, 4.69) is 15.5 Å². The third-order valence-corrected chi connectivity index (χ3v) is 3.63. The zero-order valence-electron chi connectivity index (χ0n) is 14.2. The molecule has 26 heavy (non-hydrogen) atoms. The second-order valence-corrected chi connectivity index (χ2v) is 5.20. The molecule has 3 rings (SSSR count). The minimum Gasteiger partial charge on any atom is -0.496 e. The van der Waals surface area contributed by atoms with E-state index < -0.39 is 11.7 Å². The predicted molar refractivity (Wildman–Crippen MR) is 90.4 cm³/mol. The molecule has 134 valence electrons. The summed E-state index contributed by atoms with van der Waals surface area (Å²) in [6, 6.07) is 11.1. The van der Waals surface area contributed by atoms with Crippen molar-refractivity contribution in [3.05, 3.63) is 59.7 Å². The van der Waals surface area contributed by atoms with Crippen molar-refractivity contribution in [2.45, 2.75) is 6.54 Å². The number of nitrogens with one attached hydrogen (secondary N) is 1. The maximum atomic E-state index is 13.8. The largest absolute Gasteiger partial charge is 0.496 e. The molecule has 7 nitrogen and oxygen atoms in total. The zero-order chi connectivity index (χ0) is 18.5. The van der Waals surface area contributed by atoms with Gasteiger partial charge in [-0.3, -0.25) is 4.79 Å². The van der Waals surface area contributed by atoms with Crippen LogP contribution in [0.4, 0.5) is 4.39 Å². The van der Waals surface area contributed by atoms with Gasteiger partial charge in [-0.1, -0.05) is 18.2 Å². The van der Waals surface area contributed by atoms with Crippen LogP contribution in [0.3, 0.4) is 0 Å². The van der Waals surface area contributed by atoms with Crippen LogP contribution in [0.25, 0.3) is 11.5 Å². The summed E-state index contributed by atoms with van der Waals surface area (Å²) in [7, 11) is 2.93. The maximum absolute atomic E-state index is 13.8. The number of aromatic nitrogens is 2. The molecule has 0 unspecified atom stereocenters. The molecule has 1 amide bonds. The Bertz CT molecular complexity index is 904. The first kappa shape index (κ1) is 17.4. The zero-order valence-corrected chi connectivity index (χ0v) is 14.2. The number of ether oxygens (including phenoxy) is 2. The number of benzene rings is 2. The van der Waals surface area contributed by atoms with Crippen molar-refractivity contribution in [1.82, 2.24) is 15.5 Å². The van der Waals surface area contributed by atoms with Crippen molar-refractivity contribution in [3.8, 4) is 23.0 Å². The van der Waals surface area contributed by atoms with E-state index in [9.17, 15) is 9.18 Å². The van der Waals surface area contributed by atoms with Crippen LogP contribution in [0.1, 0.15) is 16.2 Å². The summed E-state index contributed by atoms with van der Waals surface area (Å²) in [5.74, 6) is 0.0435. The van der Waals surface area contributed by atoms with Crippen LogP contribution in [0, 0.1) is 5.82 Å². The molecule has 1 aromatic heterocycles. The molecule has 0 aliphatic heterocycles. The van der Waals surface area contributed by atoms with Gasteiger partial charge in [0.05, 0.1) is 26.3 Å². The van der Waals surface area contributed by atoms with Crippen LogP contribution in [-0.2, 0) is 6.54 Å². The molecule has 0 aliphatic carbocycles. The fourth-order valence-corrected chi connectivity index (χ4v) is 2.39. The highest BCUT2D eigenvalue weighted by Gasteiger charge is 2.19. The van der Waals surface area contributed by atoms with Gasteiger partial charge in [0.15, 0.2) is 0 Å². The molecule has 0 atom stereocenters. The molecule has 0 saturated heterocycles. The Labute approximate surface area is 148 Å². The summed E-state index contributed by atoms with van der Waals surface area (Å²) in [5.41, 5.74) is 0.454. The summed E-state index contributed by atoms with van der Waals surface area (Å²) in [6.07, 6.45) is 0. The molecular formula is C18H16FN3O4. The second-order valence-electron chi connectivity index (χ2n) is 5.20. The molecule has 0 aliphatic rings. The topological polar surface area (TPSA) is 86.5 Å². The van der Waals surface area contributed by atoms with Crippen LogP contribution in [-0.4, -0.2) is 30.3 Å². The van der Waals surface area contributed by atoms with Crippen LogP contribution in [0.15, 0.2) is 46.9 Å². The van der Waals surface area contributed by atoms with Gasteiger partial charge in [0.1, 0.15) is 22.9 Å². The maximum Gasteiger partial charge on any atom is 0.259 e. The third-order valence-electron chi connectivity index (χ3n) is 3.63. The standard InChI is InChI=1S/C18H16FN3O4/c1-24-13-8-5-9-14(25-2)16(13)17(23)20-10-15-21-22-18(26-15)11-6-3-4-7-12(11)19/h3-9H,10H2,1-2H3,(H,20,23). The number of carbonyl (C=O) groups excluding carboxylic acids is 1. The molecule has 0 fully saturated rings. The number of amides is 1. The minimum absolute atomic E-state index is 0.0263. The molecule has 2 aromatic carbocycles. The highest BCUT2D eigenvalue weighted by molar-refractivity contribution is 5.99. The SMILES string of the molecule is COc1cccc(OC)c1C(=O)NCc1nnc(-c2ccccc2F)o1. The first-order chi connectivity index (χ1) is 12.6. The lowest BCUT2D eigenvalue weighted by molar-refractivity contribution is 0.0941. The highest BCUT2D eigenvalue weighted by atomic mass is 19.1. The molecule has 3 aromatic rings. The van der Waals surface area contributed by atoms with E-state index >= 15 is 0 Å². The number of methoxy groups -OCH3 is 2. The van der Waals surface area contributed by atoms with Gasteiger partial charge in [0.2, 0.25) is 5.89 Å². The summed E-state index contributed by atoms with van der Waals surface area (Å²) in [4.78, 5) is 12.5. The van der Waals surface area contributed by atoms with Crippen LogP contribution in [0.5, 0.6) is 11.5 Å². The highest BCUT2D eigenvalue weighted by Crippen LogP contribution is 2.28. The average Bonchev–Trinajstić information content (AvgIpc) is 3.14. The summed E-state index contributed by atoms with van der Waals surface area (Å²) in [5, 5.41) is 10.3. The van der Waals surface area contributed by atoms with Gasteiger partial charge in [0, 0.05) is 0 Å². The lowest BCUT2D eigenvalue weighted by Gasteiger charge is -2.12. The van der Waals surface area contributed by atoms with E-state index in [-0.39, 0.29) is 29.5 Å². The Kier molecular flexibility index (Phi) is 5.12. The van der Waals surface area contributed by atoms with Gasteiger partial charge < -0.3 is 19.2 Å². The lowest BCUT2D eigenvalue weighted by Crippen LogP contribution is -2.24. The Morgan fingerprint density at radius 3 is 2.42 bits per heavy atom. The van der Waals surface area contributed by atoms with Gasteiger partial charge in [-0.05, 0) is 24.3 Å². The Morgan fingerprint density at radius 2 is 1.77 bits per heavy atom. The third kappa shape index (κ3) is 3.49. The van der Waals surface area contributed by atoms with E-state index in [0.29, 0.717) is 11.5 Å². The monoisotopic (exact) mass is 357 g/mol. The molecular weight excluding hydrogens is 341 g/mol. The predicted octanol–water partition coefficient (Wildman–Crippen LogP) is 2.82. The van der Waals surface area contributed by atoms with Crippen molar-refractivity contribution in [3.63, 3.8) is 0 Å². The quantitative estimate of drug-likeness (QED) is 0.730. The molecule has 8 heteroatoms. The van der Waals surface area contributed by atoms with Crippen molar-refractivity contribution in [1.29, 1.82) is 0 Å². The fourth-order valence-electron chi connectivity index (χ4n) is 2.39. The Hall–Kier alpha value is -3.42. The van der Waals surface area contributed by atoms with E-state index in [1.807, 2.05) is 0 Å². The van der Waals surface area contributed by atoms with Gasteiger partial charge in [-0.2, -0.15) is 0 Å². The molecule has 0 spiro atoms. The lowest BCUT2D eigenvalue weighted by atomic mass is 10.1. The van der Waals surface area contributed by atoms with Crippen LogP contribution in [0.2, 0.25) is 0 Å². The van der Waals surface area contributed by atoms with Crippen LogP contribution < -0.4 is 14.8 Å². The number of carbonyl (C=O) groups is 1. The number of hydrogen-bond donors (Lipinski definition) is 1. The van der Waals surface area contributed by atoms with E-state index in [1.165, 1.54) is 26.4 Å². The minimum atomic E-state index is -0.467. The molecule has 1 heterocycles. The summed E-state index contributed by atoms with van der Waals surface area (Å²) in [6.45, 7) is -0.0263. The number of nitrogens with zero attached hydrogens (tertiary/aromatic N) is 2. The molecule has 1 N–H and O–H groups in total. The average molecular weight is 357 g/mol. The summed E-state index contributed by atoms with van der Waals surface area (Å²) < 4.78 is 29.6. The number of rotatable bonds is 6. The van der Waals surface area contributed by atoms with Crippen molar-refractivity contribution in [2.75, 3.05) is 14.2 Å². The van der Waals surface area contributed by atoms with Gasteiger partial charge in [-0.25, -0.2) is 4.39 Å². The fraction of sp³-hybridized carbons (Fsp3) is 0.167. The smallest absolute Gasteiger partial charge is 0.259 e. The van der Waals surface area contributed by atoms with E-state index in [1.54, 1.807) is 30.3 Å². The molecule has 0 saturated carbocycles. The van der Waals surface area contributed by atoms with Crippen LogP contribution >= 0.6 is 0 Å². The molecule has 0 bridgehead atoms. The van der Waals surface area contributed by atoms with Gasteiger partial charge in [0.25, 0.3) is 11.8 Å². The second kappa shape index (κ2) is 7.64. The first-order valence-corrected chi connectivity index (χ1v) is 7.70. The van der Waals surface area contributed by atoms with Gasteiger partial charge in [-0.15, -0.1) is 10.2 Å². The summed E-state index contributed by atoms with van der Waals surface area (Å²) >= 11 is 0. The first-order valence-electron chi connectivity index (χ1n) is 7.70. The van der Waals surface area contributed by atoms with E-state index in [4.69, 9.17) is 13.9 Å². The molecule has 0 radical (unpaired) electrons. The van der Waals surface area contributed by atoms with Crippen molar-refractivity contribution in [2.24, 2.45) is 0 Å². The Balaban J connectivity index is 1.75. The van der Waals surface area contributed by atoms with E-state index in [0.717, 1.165) is 0 Å². The normalized spacial score (nSPS) is 10.4. The van der Waals surface area contributed by atoms with Crippen molar-refractivity contribution >= 4 is 5.91 Å². The van der Waals surface area contributed by atoms with Gasteiger partial charge >= 0.3 is 0 Å².